The fourth-order valence-electron chi connectivity index (χ4n) is 1.06. The van der Waals surface area contributed by atoms with Gasteiger partial charge in [-0.15, -0.1) is 0 Å². The average Bonchev–Trinajstić information content (AvgIpc) is 2.05. The summed E-state index contributed by atoms with van der Waals surface area (Å²) in [4.78, 5) is 0. The summed E-state index contributed by atoms with van der Waals surface area (Å²) >= 11 is 0. The Morgan fingerprint density at radius 1 is 1.14 bits per heavy atom. The van der Waals surface area contributed by atoms with Gasteiger partial charge in [0.2, 0.25) is 0 Å². The molecule has 0 saturated heterocycles. The van der Waals surface area contributed by atoms with Crippen LogP contribution >= 0.6 is 0 Å². The molecule has 2 rings (SSSR count). The Bertz CT molecular complexity index is 279. The molecule has 1 radical (unpaired) electrons. The van der Waals surface area contributed by atoms with Gasteiger partial charge in [-0.05, 0) is 12.1 Å². The van der Waals surface area contributed by atoms with Gasteiger partial charge in [-0.25, -0.2) is 0 Å². The zero-order valence-corrected chi connectivity index (χ0v) is 11.9. The normalized spacial score (nSPS) is 10.0. The van der Waals surface area contributed by atoms with Crippen molar-refractivity contribution in [1.29, 1.82) is 0 Å². The largest absolute Gasteiger partial charge is 0.489 e. The Kier molecular flexibility index (Phi) is 14.7. The van der Waals surface area contributed by atoms with E-state index in [9.17, 15) is 0 Å². The van der Waals surface area contributed by atoms with Crippen molar-refractivity contribution < 1.29 is 64.7 Å². The molecular formula is C10H12MoNbNiO. The summed E-state index contributed by atoms with van der Waals surface area (Å²) in [5, 5.41) is 0. The van der Waals surface area contributed by atoms with Gasteiger partial charge in [0.25, 0.3) is 0 Å². The van der Waals surface area contributed by atoms with Crippen molar-refractivity contribution in [3.05, 3.63) is 35.9 Å². The van der Waals surface area contributed by atoms with E-state index < -0.39 is 0 Å². The second kappa shape index (κ2) is 10.2. The van der Waals surface area contributed by atoms with E-state index in [1.165, 1.54) is 5.56 Å². The van der Waals surface area contributed by atoms with Crippen LogP contribution in [0.4, 0.5) is 0 Å². The molecule has 1 heterocycles. The second-order valence-corrected chi connectivity index (χ2v) is 2.25. The molecule has 1 aromatic carbocycles. The molecule has 1 aliphatic heterocycles. The van der Waals surface area contributed by atoms with Crippen LogP contribution in [0.3, 0.4) is 0 Å². The van der Waals surface area contributed by atoms with Crippen LogP contribution in [0.2, 0.25) is 0 Å². The molecule has 79 valence electrons. The molecule has 0 saturated carbocycles. The average molecular weight is 396 g/mol. The first-order valence-electron chi connectivity index (χ1n) is 3.35. The first-order valence-corrected chi connectivity index (χ1v) is 3.35. The van der Waals surface area contributed by atoms with Gasteiger partial charge in [-0.3, -0.25) is 0 Å². The van der Waals surface area contributed by atoms with Crippen LogP contribution in [0.5, 0.6) is 5.75 Å². The molecule has 1 nitrogen and oxygen atoms in total. The number of rotatable bonds is 0. The SMILES string of the molecule is C.C1=Cc2ccccc2OC1.[Mo].[Nb].[Ni]. The zero-order valence-electron chi connectivity index (χ0n) is 6.75. The van der Waals surface area contributed by atoms with Crippen molar-refractivity contribution in [2.24, 2.45) is 0 Å². The van der Waals surface area contributed by atoms with Gasteiger partial charge in [0, 0.05) is 65.5 Å². The van der Waals surface area contributed by atoms with Crippen molar-refractivity contribution in [3.8, 4) is 5.75 Å². The summed E-state index contributed by atoms with van der Waals surface area (Å²) in [7, 11) is 0. The van der Waals surface area contributed by atoms with Crippen molar-refractivity contribution in [2.75, 3.05) is 6.61 Å². The molecule has 0 fully saturated rings. The van der Waals surface area contributed by atoms with Crippen LogP contribution in [0.25, 0.3) is 6.08 Å². The molecule has 0 aliphatic carbocycles. The molecule has 0 spiro atoms. The van der Waals surface area contributed by atoms with Crippen LogP contribution in [-0.2, 0) is 59.9 Å². The molecule has 0 atom stereocenters. The minimum atomic E-state index is 0. The third-order valence-corrected chi connectivity index (χ3v) is 1.55. The van der Waals surface area contributed by atoms with E-state index in [-0.39, 0.29) is 67.4 Å². The maximum atomic E-state index is 5.34. The number of hydrogen-bond donors (Lipinski definition) is 0. The van der Waals surface area contributed by atoms with Crippen LogP contribution in [-0.4, -0.2) is 6.61 Å². The maximum absolute atomic E-state index is 5.34. The van der Waals surface area contributed by atoms with Gasteiger partial charge < -0.3 is 4.74 Å². The third-order valence-electron chi connectivity index (χ3n) is 1.55. The predicted octanol–water partition coefficient (Wildman–Crippen LogP) is 2.72. The fourth-order valence-corrected chi connectivity index (χ4v) is 1.06. The second-order valence-electron chi connectivity index (χ2n) is 2.25. The number of para-hydroxylation sites is 1. The molecule has 0 bridgehead atoms. The van der Waals surface area contributed by atoms with Crippen molar-refractivity contribution in [3.63, 3.8) is 0 Å². The molecular weight excluding hydrogens is 384 g/mol. The summed E-state index contributed by atoms with van der Waals surface area (Å²) in [6.45, 7) is 0.705. The Morgan fingerprint density at radius 3 is 2.43 bits per heavy atom. The summed E-state index contributed by atoms with van der Waals surface area (Å²) in [6.07, 6.45) is 4.10. The van der Waals surface area contributed by atoms with Crippen LogP contribution < -0.4 is 4.74 Å². The summed E-state index contributed by atoms with van der Waals surface area (Å²) in [5.74, 6) is 0.991. The zero-order chi connectivity index (χ0) is 6.81. The monoisotopic (exact) mass is 397 g/mol. The smallest absolute Gasteiger partial charge is 0.126 e. The Morgan fingerprint density at radius 2 is 1.79 bits per heavy atom. The molecule has 0 N–H and O–H groups in total. The molecule has 4 heteroatoms. The van der Waals surface area contributed by atoms with Crippen LogP contribution in [0.1, 0.15) is 13.0 Å². The van der Waals surface area contributed by atoms with E-state index in [2.05, 4.69) is 6.08 Å². The Balaban J connectivity index is -0.000000302. The van der Waals surface area contributed by atoms with E-state index in [1.807, 2.05) is 30.3 Å². The molecule has 14 heavy (non-hydrogen) atoms. The number of fused-ring (bicyclic) bond motifs is 1. The molecule has 0 unspecified atom stereocenters. The number of benzene rings is 1. The molecule has 0 aromatic heterocycles. The number of hydrogen-bond acceptors (Lipinski definition) is 1. The van der Waals surface area contributed by atoms with Crippen LogP contribution in [0, 0.1) is 0 Å². The first kappa shape index (κ1) is 20.1. The van der Waals surface area contributed by atoms with Crippen molar-refractivity contribution >= 4 is 6.08 Å². The quantitative estimate of drug-likeness (QED) is 0.614. The van der Waals surface area contributed by atoms with Crippen LogP contribution in [0.15, 0.2) is 30.3 Å². The van der Waals surface area contributed by atoms with E-state index in [0.29, 0.717) is 6.61 Å². The van der Waals surface area contributed by atoms with E-state index >= 15 is 0 Å². The summed E-state index contributed by atoms with van der Waals surface area (Å²) < 4.78 is 5.34. The van der Waals surface area contributed by atoms with E-state index in [0.717, 1.165) is 5.75 Å². The standard InChI is InChI=1S/C9H8O.CH4.Mo.Nb.Ni/c1-2-6-9-8(4-1)5-3-7-10-9;;;;/h1-6H,7H2;1H4;;;. The predicted molar refractivity (Wildman–Crippen MR) is 47.7 cm³/mol. The fraction of sp³-hybridized carbons (Fsp3) is 0.200. The van der Waals surface area contributed by atoms with Gasteiger partial charge in [0.15, 0.2) is 0 Å². The first-order chi connectivity index (χ1) is 4.97. The van der Waals surface area contributed by atoms with Crippen molar-refractivity contribution in [1.82, 2.24) is 0 Å². The maximum Gasteiger partial charge on any atom is 0.126 e. The van der Waals surface area contributed by atoms with Crippen molar-refractivity contribution in [2.45, 2.75) is 7.43 Å². The topological polar surface area (TPSA) is 9.23 Å². The van der Waals surface area contributed by atoms with Gasteiger partial charge in [-0.1, -0.05) is 31.7 Å². The van der Waals surface area contributed by atoms with Gasteiger partial charge >= 0.3 is 0 Å². The molecule has 1 aliphatic rings. The number of ether oxygens (including phenoxy) is 1. The summed E-state index contributed by atoms with van der Waals surface area (Å²) in [5.41, 5.74) is 1.17. The summed E-state index contributed by atoms with van der Waals surface area (Å²) in [6, 6.07) is 8.03. The van der Waals surface area contributed by atoms with Gasteiger partial charge in [-0.2, -0.15) is 0 Å². The molecule has 0 amide bonds. The van der Waals surface area contributed by atoms with Gasteiger partial charge in [0.05, 0.1) is 0 Å². The Labute approximate surface area is 125 Å². The molecule has 1 aromatic rings. The minimum absolute atomic E-state index is 0. The minimum Gasteiger partial charge on any atom is -0.489 e. The van der Waals surface area contributed by atoms with E-state index in [1.54, 1.807) is 0 Å². The third kappa shape index (κ3) is 4.96. The van der Waals surface area contributed by atoms with E-state index in [4.69, 9.17) is 4.74 Å². The Hall–Kier alpha value is 0.682. The van der Waals surface area contributed by atoms with Gasteiger partial charge in [0.1, 0.15) is 12.4 Å².